The lowest BCUT2D eigenvalue weighted by Gasteiger charge is -2.47. The molecule has 40 heavy (non-hydrogen) atoms. The molecule has 2 aromatic rings. The fourth-order valence-electron chi connectivity index (χ4n) is 4.61. The minimum absolute atomic E-state index is 0.196. The van der Waals surface area contributed by atoms with E-state index in [0.717, 1.165) is 16.7 Å². The summed E-state index contributed by atoms with van der Waals surface area (Å²) in [4.78, 5) is 27.6. The monoisotopic (exact) mass is 566 g/mol. The van der Waals surface area contributed by atoms with Crippen molar-refractivity contribution in [2.45, 2.75) is 89.7 Å². The van der Waals surface area contributed by atoms with E-state index in [1.54, 1.807) is 11.8 Å². The molecule has 0 saturated carbocycles. The topological polar surface area (TPSA) is 90.9 Å². The number of carbonyl (C=O) groups excluding carboxylic acids is 2. The molecule has 3 atom stereocenters. The van der Waals surface area contributed by atoms with Crippen molar-refractivity contribution in [2.24, 2.45) is 0 Å². The lowest BCUT2D eigenvalue weighted by molar-refractivity contribution is -0.136. The van der Waals surface area contributed by atoms with E-state index in [1.165, 1.54) is 0 Å². The third-order valence-corrected chi connectivity index (χ3v) is 8.16. The number of carbonyl (C=O) groups is 2. The highest BCUT2D eigenvalue weighted by molar-refractivity contribution is 7.90. The minimum Gasteiger partial charge on any atom is -0.598 e. The van der Waals surface area contributed by atoms with Gasteiger partial charge in [-0.25, -0.2) is 9.59 Å². The van der Waals surface area contributed by atoms with Gasteiger partial charge in [0, 0.05) is 23.8 Å². The van der Waals surface area contributed by atoms with Crippen molar-refractivity contribution in [3.05, 3.63) is 60.2 Å². The fourth-order valence-corrected chi connectivity index (χ4v) is 5.54. The number of likely N-dealkylation sites (tertiary alicyclic amines) is 1. The van der Waals surface area contributed by atoms with Crippen LogP contribution < -0.4 is 4.72 Å². The third-order valence-electron chi connectivity index (χ3n) is 6.50. The van der Waals surface area contributed by atoms with Crippen molar-refractivity contribution in [3.63, 3.8) is 0 Å². The average molecular weight is 567 g/mol. The zero-order valence-electron chi connectivity index (χ0n) is 24.7. The second-order valence-corrected chi connectivity index (χ2v) is 14.0. The number of hydrogen-bond donors (Lipinski definition) is 1. The van der Waals surface area contributed by atoms with Gasteiger partial charge in [-0.1, -0.05) is 60.5 Å². The average Bonchev–Trinajstić information content (AvgIpc) is 2.88. The fraction of sp³-hybridized carbons (Fsp3) is 0.500. The van der Waals surface area contributed by atoms with Gasteiger partial charge in [-0.05, 0) is 84.4 Å². The van der Waals surface area contributed by atoms with Gasteiger partial charge in [-0.2, -0.15) is 0 Å². The summed E-state index contributed by atoms with van der Waals surface area (Å²) in [5.74, 6) is 5.07. The first-order valence-corrected chi connectivity index (χ1v) is 14.9. The molecule has 0 aliphatic carbocycles. The van der Waals surface area contributed by atoms with Crippen molar-refractivity contribution < 1.29 is 23.6 Å². The van der Waals surface area contributed by atoms with Crippen molar-refractivity contribution in [1.82, 2.24) is 9.62 Å². The second-order valence-electron chi connectivity index (χ2n) is 12.0. The zero-order valence-corrected chi connectivity index (χ0v) is 25.5. The molecule has 1 saturated heterocycles. The largest absolute Gasteiger partial charge is 0.598 e. The van der Waals surface area contributed by atoms with Crippen LogP contribution in [0.2, 0.25) is 0 Å². The Bertz CT molecular complexity index is 1230. The summed E-state index contributed by atoms with van der Waals surface area (Å²) in [6, 6.07) is 17.6. The molecule has 1 fully saturated rings. The van der Waals surface area contributed by atoms with Gasteiger partial charge in [0.2, 0.25) is 0 Å². The summed E-state index contributed by atoms with van der Waals surface area (Å²) in [7, 11) is 0. The van der Waals surface area contributed by atoms with Gasteiger partial charge < -0.3 is 18.9 Å². The van der Waals surface area contributed by atoms with Crippen LogP contribution in [0.5, 0.6) is 0 Å². The van der Waals surface area contributed by atoms with Gasteiger partial charge >= 0.3 is 12.1 Å². The molecule has 216 valence electrons. The zero-order chi connectivity index (χ0) is 29.6. The van der Waals surface area contributed by atoms with Gasteiger partial charge in [0.05, 0.1) is 12.6 Å². The predicted molar refractivity (Wildman–Crippen MR) is 160 cm³/mol. The summed E-state index contributed by atoms with van der Waals surface area (Å²) in [6.07, 6.45) is 1.02. The van der Waals surface area contributed by atoms with Crippen LogP contribution in [0, 0.1) is 11.8 Å². The van der Waals surface area contributed by atoms with Gasteiger partial charge in [0.1, 0.15) is 15.9 Å². The Morgan fingerprint density at radius 2 is 1.75 bits per heavy atom. The van der Waals surface area contributed by atoms with Gasteiger partial charge in [-0.15, -0.1) is 4.72 Å². The molecule has 0 aromatic heterocycles. The molecule has 1 amide bonds. The van der Waals surface area contributed by atoms with Crippen LogP contribution >= 0.6 is 0 Å². The van der Waals surface area contributed by atoms with E-state index >= 15 is 0 Å². The molecule has 0 radical (unpaired) electrons. The number of esters is 1. The van der Waals surface area contributed by atoms with Crippen LogP contribution in [0.4, 0.5) is 4.79 Å². The van der Waals surface area contributed by atoms with E-state index in [0.29, 0.717) is 25.8 Å². The van der Waals surface area contributed by atoms with E-state index in [2.05, 4.69) is 34.8 Å². The highest BCUT2D eigenvalue weighted by atomic mass is 32.2. The SMILES string of the molecule is CCOC(=O)C#C[C@]1(N[S@+]([O-])C(C)(C)C)CCCN(C(=O)OC(C)(C)C)[C@@H]1Cc1cccc(-c2ccccc2)c1. The number of benzene rings is 2. The normalized spacial score (nSPS) is 20.2. The molecule has 3 rings (SSSR count). The van der Waals surface area contributed by atoms with Crippen LogP contribution in [0.15, 0.2) is 54.6 Å². The molecule has 1 aliphatic heterocycles. The summed E-state index contributed by atoms with van der Waals surface area (Å²) in [5, 5.41) is 0. The van der Waals surface area contributed by atoms with E-state index < -0.39 is 45.4 Å². The van der Waals surface area contributed by atoms with Gasteiger partial charge in [0.25, 0.3) is 0 Å². The van der Waals surface area contributed by atoms with Crippen LogP contribution in [0.1, 0.15) is 66.9 Å². The smallest absolute Gasteiger partial charge is 0.410 e. The minimum atomic E-state index is -1.54. The van der Waals surface area contributed by atoms with Crippen LogP contribution in [-0.4, -0.2) is 56.6 Å². The van der Waals surface area contributed by atoms with Crippen LogP contribution in [-0.2, 0) is 32.1 Å². The van der Waals surface area contributed by atoms with Crippen LogP contribution in [0.25, 0.3) is 11.1 Å². The third kappa shape index (κ3) is 8.50. The molecule has 0 spiro atoms. The summed E-state index contributed by atoms with van der Waals surface area (Å²) < 4.78 is 27.1. The first-order chi connectivity index (χ1) is 18.7. The van der Waals surface area contributed by atoms with E-state index in [-0.39, 0.29) is 6.61 Å². The Kier molecular flexibility index (Phi) is 10.3. The molecule has 1 N–H and O–H groups in total. The quantitative estimate of drug-likeness (QED) is 0.210. The number of hydrogen-bond acceptors (Lipinski definition) is 6. The Hall–Kier alpha value is -2.99. The molecule has 0 unspecified atom stereocenters. The van der Waals surface area contributed by atoms with E-state index in [4.69, 9.17) is 9.47 Å². The molecule has 2 aromatic carbocycles. The molecule has 7 nitrogen and oxygen atoms in total. The number of amides is 1. The maximum atomic E-state index is 13.6. The Morgan fingerprint density at radius 1 is 1.07 bits per heavy atom. The molecule has 8 heteroatoms. The summed E-state index contributed by atoms with van der Waals surface area (Å²) in [6.45, 7) is 13.5. The lowest BCUT2D eigenvalue weighted by atomic mass is 9.79. The predicted octanol–water partition coefficient (Wildman–Crippen LogP) is 5.65. The van der Waals surface area contributed by atoms with Crippen molar-refractivity contribution in [2.75, 3.05) is 13.2 Å². The lowest BCUT2D eigenvalue weighted by Crippen LogP contribution is -2.68. The summed E-state index contributed by atoms with van der Waals surface area (Å²) >= 11 is -1.54. The Balaban J connectivity index is 2.13. The van der Waals surface area contributed by atoms with Crippen molar-refractivity contribution >= 4 is 23.4 Å². The molecular weight excluding hydrogens is 524 g/mol. The molecular formula is C32H42N2O5S. The first-order valence-electron chi connectivity index (χ1n) is 13.8. The first kappa shape index (κ1) is 31.5. The second kappa shape index (κ2) is 13.1. The summed E-state index contributed by atoms with van der Waals surface area (Å²) in [5.41, 5.74) is 1.26. The number of rotatable bonds is 6. The Labute approximate surface area is 242 Å². The van der Waals surface area contributed by atoms with E-state index in [9.17, 15) is 14.1 Å². The van der Waals surface area contributed by atoms with Gasteiger partial charge in [-0.3, -0.25) is 0 Å². The highest BCUT2D eigenvalue weighted by Gasteiger charge is 2.51. The Morgan fingerprint density at radius 3 is 2.38 bits per heavy atom. The molecule has 0 bridgehead atoms. The number of nitrogens with one attached hydrogen (secondary N) is 1. The number of ether oxygens (including phenoxy) is 2. The standard InChI is InChI=1S/C32H42N2O5S/c1-8-38-28(35)18-20-32(33-40(37)31(5,6)7)19-13-21-34(29(36)39-30(2,3)4)27(32)23-24-14-12-17-26(22-24)25-15-10-9-11-16-25/h9-12,14-17,22,27,33H,8,13,19,21,23H2,1-7H3/t27-,32-,40-/m1/s1. The maximum absolute atomic E-state index is 13.6. The van der Waals surface area contributed by atoms with Crippen molar-refractivity contribution in [1.29, 1.82) is 0 Å². The van der Waals surface area contributed by atoms with Crippen LogP contribution in [0.3, 0.4) is 0 Å². The number of nitrogens with zero attached hydrogens (tertiary/aromatic N) is 1. The van der Waals surface area contributed by atoms with Gasteiger partial charge in [0.15, 0.2) is 0 Å². The van der Waals surface area contributed by atoms with Crippen molar-refractivity contribution in [3.8, 4) is 23.0 Å². The maximum Gasteiger partial charge on any atom is 0.410 e. The van der Waals surface area contributed by atoms with E-state index in [1.807, 2.05) is 77.9 Å². The molecule has 1 aliphatic rings. The molecule has 1 heterocycles. The number of piperidine rings is 1. The highest BCUT2D eigenvalue weighted by Crippen LogP contribution is 2.34.